The largest absolute Gasteiger partial charge is 0.333 e. The zero-order chi connectivity index (χ0) is 16.6. The number of pyridine rings is 1. The summed E-state index contributed by atoms with van der Waals surface area (Å²) in [4.78, 5) is 14.4. The molecule has 2 unspecified atom stereocenters. The van der Waals surface area contributed by atoms with E-state index < -0.39 is 0 Å². The molecule has 0 fully saturated rings. The van der Waals surface area contributed by atoms with Crippen molar-refractivity contribution in [2.24, 2.45) is 0 Å². The maximum absolute atomic E-state index is 14.7. The number of benzene rings is 1. The molecule has 0 spiro atoms. The van der Waals surface area contributed by atoms with E-state index >= 15 is 0 Å². The Labute approximate surface area is 142 Å². The van der Waals surface area contributed by atoms with Gasteiger partial charge in [-0.05, 0) is 30.7 Å². The summed E-state index contributed by atoms with van der Waals surface area (Å²) in [5.74, 6) is -0.682. The number of aromatic nitrogens is 2. The van der Waals surface area contributed by atoms with E-state index in [4.69, 9.17) is 11.6 Å². The zero-order valence-corrected chi connectivity index (χ0v) is 13.6. The zero-order valence-electron chi connectivity index (χ0n) is 12.8. The van der Waals surface area contributed by atoms with Crippen molar-refractivity contribution >= 4 is 23.0 Å². The van der Waals surface area contributed by atoms with Gasteiger partial charge in [0, 0.05) is 40.9 Å². The van der Waals surface area contributed by atoms with E-state index in [1.807, 2.05) is 6.07 Å². The van der Waals surface area contributed by atoms with Crippen molar-refractivity contribution in [2.45, 2.75) is 18.4 Å². The molecule has 0 saturated carbocycles. The standard InChI is InChI=1S/C18H13ClFN3O/c1-22-14-8-11(15-10(18(22)24)3-2-4-12(15)20)16-13-7-9(19)5-6-23(13)21-17(14)16/h2-7,11,14H,8H2,1H3. The summed E-state index contributed by atoms with van der Waals surface area (Å²) in [5, 5.41) is 5.26. The quantitative estimate of drug-likeness (QED) is 0.624. The predicted molar refractivity (Wildman–Crippen MR) is 87.9 cm³/mol. The number of carbonyl (C=O) groups excluding carboxylic acids is 1. The molecular formula is C18H13ClFN3O. The van der Waals surface area contributed by atoms with Gasteiger partial charge in [-0.25, -0.2) is 8.91 Å². The molecular weight excluding hydrogens is 329 g/mol. The minimum atomic E-state index is -0.339. The Kier molecular flexibility index (Phi) is 2.66. The van der Waals surface area contributed by atoms with Gasteiger partial charge in [0.25, 0.3) is 5.91 Å². The molecule has 0 radical (unpaired) electrons. The molecule has 24 heavy (non-hydrogen) atoms. The lowest BCUT2D eigenvalue weighted by atomic mass is 9.89. The number of hydrogen-bond donors (Lipinski definition) is 0. The van der Waals surface area contributed by atoms with Crippen LogP contribution < -0.4 is 0 Å². The second kappa shape index (κ2) is 4.57. The third-order valence-electron chi connectivity index (χ3n) is 5.21. The van der Waals surface area contributed by atoms with E-state index in [-0.39, 0.29) is 23.7 Å². The number of halogens is 2. The van der Waals surface area contributed by atoms with Crippen LogP contribution in [0.25, 0.3) is 5.52 Å². The highest BCUT2D eigenvalue weighted by atomic mass is 35.5. The van der Waals surface area contributed by atoms with E-state index in [9.17, 15) is 9.18 Å². The van der Waals surface area contributed by atoms with Crippen molar-refractivity contribution in [3.05, 3.63) is 69.8 Å². The molecule has 2 atom stereocenters. The maximum atomic E-state index is 14.7. The Bertz CT molecular complexity index is 1030. The number of fused-ring (bicyclic) bond motifs is 9. The summed E-state index contributed by atoms with van der Waals surface area (Å²) in [6, 6.07) is 8.19. The Hall–Kier alpha value is -2.40. The van der Waals surface area contributed by atoms with E-state index in [1.54, 1.807) is 40.9 Å². The first-order valence-electron chi connectivity index (χ1n) is 7.79. The molecule has 6 heteroatoms. The van der Waals surface area contributed by atoms with Crippen LogP contribution in [-0.4, -0.2) is 27.5 Å². The van der Waals surface area contributed by atoms with Crippen molar-refractivity contribution in [2.75, 3.05) is 7.05 Å². The highest BCUT2D eigenvalue weighted by Gasteiger charge is 2.45. The fraction of sp³-hybridized carbons (Fsp3) is 0.222. The lowest BCUT2D eigenvalue weighted by Crippen LogP contribution is -2.30. The fourth-order valence-electron chi connectivity index (χ4n) is 4.13. The minimum Gasteiger partial charge on any atom is -0.333 e. The normalized spacial score (nSPS) is 21.8. The van der Waals surface area contributed by atoms with E-state index in [2.05, 4.69) is 5.10 Å². The van der Waals surface area contributed by atoms with Gasteiger partial charge in [-0.1, -0.05) is 17.7 Å². The van der Waals surface area contributed by atoms with E-state index in [1.165, 1.54) is 6.07 Å². The van der Waals surface area contributed by atoms with Crippen LogP contribution in [-0.2, 0) is 0 Å². The first kappa shape index (κ1) is 14.0. The van der Waals surface area contributed by atoms with Gasteiger partial charge in [0.15, 0.2) is 0 Å². The summed E-state index contributed by atoms with van der Waals surface area (Å²) in [5.41, 5.74) is 3.62. The van der Waals surface area contributed by atoms with Crippen LogP contribution in [0.5, 0.6) is 0 Å². The lowest BCUT2D eigenvalue weighted by molar-refractivity contribution is 0.0734. The molecule has 3 aromatic rings. The summed E-state index contributed by atoms with van der Waals surface area (Å²) in [7, 11) is 1.76. The average molecular weight is 342 g/mol. The smallest absolute Gasteiger partial charge is 0.254 e. The van der Waals surface area contributed by atoms with Crippen molar-refractivity contribution in [3.8, 4) is 0 Å². The van der Waals surface area contributed by atoms with Crippen LogP contribution in [0.15, 0.2) is 36.5 Å². The Balaban J connectivity index is 1.89. The Morgan fingerprint density at radius 1 is 1.29 bits per heavy atom. The van der Waals surface area contributed by atoms with Crippen LogP contribution in [0.1, 0.15) is 45.6 Å². The number of rotatable bonds is 0. The van der Waals surface area contributed by atoms with E-state index in [0.717, 1.165) is 16.8 Å². The molecule has 2 bridgehead atoms. The minimum absolute atomic E-state index is 0.150. The van der Waals surface area contributed by atoms with Crippen molar-refractivity contribution in [1.29, 1.82) is 0 Å². The SMILES string of the molecule is CN1C(=O)c2cccc(F)c2C2CC1c1nn3ccc(Cl)cc3c12. The van der Waals surface area contributed by atoms with Gasteiger partial charge >= 0.3 is 0 Å². The first-order valence-corrected chi connectivity index (χ1v) is 8.17. The number of hydrogen-bond acceptors (Lipinski definition) is 2. The molecule has 1 aromatic carbocycles. The maximum Gasteiger partial charge on any atom is 0.254 e. The first-order chi connectivity index (χ1) is 11.6. The van der Waals surface area contributed by atoms with Crippen LogP contribution >= 0.6 is 11.6 Å². The number of carbonyl (C=O) groups is 1. The molecule has 0 N–H and O–H groups in total. The monoisotopic (exact) mass is 341 g/mol. The van der Waals surface area contributed by atoms with Crippen LogP contribution in [0, 0.1) is 5.82 Å². The summed E-state index contributed by atoms with van der Waals surface area (Å²) in [6.45, 7) is 0. The van der Waals surface area contributed by atoms with Crippen LogP contribution in [0.4, 0.5) is 4.39 Å². The fourth-order valence-corrected chi connectivity index (χ4v) is 4.29. The van der Waals surface area contributed by atoms with Crippen molar-refractivity contribution < 1.29 is 9.18 Å². The summed E-state index contributed by atoms with van der Waals surface area (Å²) in [6.07, 6.45) is 2.45. The van der Waals surface area contributed by atoms with Crippen molar-refractivity contribution in [1.82, 2.24) is 14.5 Å². The van der Waals surface area contributed by atoms with Gasteiger partial charge in [0.05, 0.1) is 17.3 Å². The van der Waals surface area contributed by atoms with Gasteiger partial charge in [-0.15, -0.1) is 0 Å². The highest BCUT2D eigenvalue weighted by molar-refractivity contribution is 6.30. The van der Waals surface area contributed by atoms with E-state index in [0.29, 0.717) is 22.6 Å². The second-order valence-electron chi connectivity index (χ2n) is 6.39. The Morgan fingerprint density at radius 2 is 2.12 bits per heavy atom. The molecule has 1 amide bonds. The highest BCUT2D eigenvalue weighted by Crippen LogP contribution is 2.51. The molecule has 120 valence electrons. The van der Waals surface area contributed by atoms with Crippen LogP contribution in [0.2, 0.25) is 5.02 Å². The number of nitrogens with zero attached hydrogens (tertiary/aromatic N) is 3. The van der Waals surface area contributed by atoms with Gasteiger partial charge < -0.3 is 4.90 Å². The average Bonchev–Trinajstić information content (AvgIpc) is 3.07. The van der Waals surface area contributed by atoms with Crippen molar-refractivity contribution in [3.63, 3.8) is 0 Å². The van der Waals surface area contributed by atoms with Gasteiger partial charge in [-0.3, -0.25) is 4.79 Å². The topological polar surface area (TPSA) is 37.6 Å². The lowest BCUT2D eigenvalue weighted by Gasteiger charge is -2.23. The third kappa shape index (κ3) is 1.62. The van der Waals surface area contributed by atoms with Gasteiger partial charge in [-0.2, -0.15) is 5.10 Å². The summed E-state index contributed by atoms with van der Waals surface area (Å²) >= 11 is 6.16. The van der Waals surface area contributed by atoms with Gasteiger partial charge in [0.2, 0.25) is 0 Å². The molecule has 0 saturated heterocycles. The predicted octanol–water partition coefficient (Wildman–Crippen LogP) is 3.79. The second-order valence-corrected chi connectivity index (χ2v) is 6.83. The molecule has 1 aliphatic carbocycles. The molecule has 2 aromatic heterocycles. The molecule has 4 nitrogen and oxygen atoms in total. The number of amides is 1. The molecule has 2 aliphatic rings. The third-order valence-corrected chi connectivity index (χ3v) is 5.44. The molecule has 1 aliphatic heterocycles. The molecule has 3 heterocycles. The van der Waals surface area contributed by atoms with Crippen LogP contribution in [0.3, 0.4) is 0 Å². The summed E-state index contributed by atoms with van der Waals surface area (Å²) < 4.78 is 16.4. The Morgan fingerprint density at radius 3 is 2.96 bits per heavy atom. The van der Waals surface area contributed by atoms with Gasteiger partial charge in [0.1, 0.15) is 5.82 Å². The molecule has 5 rings (SSSR count).